The second-order valence-corrected chi connectivity index (χ2v) is 9.48. The number of rotatable bonds is 9. The summed E-state index contributed by atoms with van der Waals surface area (Å²) in [6.45, 7) is 5.96. The van der Waals surface area contributed by atoms with E-state index in [-0.39, 0.29) is 5.91 Å². The number of nitrogens with one attached hydrogen (secondary N) is 1. The molecule has 1 aromatic carbocycles. The number of hydrogen-bond acceptors (Lipinski definition) is 4. The smallest absolute Gasteiger partial charge is 0.230 e. The van der Waals surface area contributed by atoms with Gasteiger partial charge in [-0.1, -0.05) is 62.2 Å². The molecule has 1 heterocycles. The molecule has 2 aromatic rings. The van der Waals surface area contributed by atoms with Gasteiger partial charge in [0.15, 0.2) is 5.16 Å². The minimum absolute atomic E-state index is 0.130. The van der Waals surface area contributed by atoms with Crippen LogP contribution in [0.25, 0.3) is 0 Å². The van der Waals surface area contributed by atoms with E-state index >= 15 is 0 Å². The summed E-state index contributed by atoms with van der Waals surface area (Å²) in [5.41, 5.74) is 0.607. The quantitative estimate of drug-likeness (QED) is 0.451. The first kappa shape index (κ1) is 22.2. The van der Waals surface area contributed by atoms with Crippen LogP contribution in [0.5, 0.6) is 0 Å². The molecule has 0 spiro atoms. The zero-order valence-corrected chi connectivity index (χ0v) is 19.2. The lowest BCUT2D eigenvalue weighted by Gasteiger charge is -2.28. The maximum Gasteiger partial charge on any atom is 0.230 e. The Bertz CT molecular complexity index is 830. The zero-order valence-electron chi connectivity index (χ0n) is 17.6. The van der Waals surface area contributed by atoms with Gasteiger partial charge in [0.2, 0.25) is 5.91 Å². The highest BCUT2D eigenvalue weighted by atomic mass is 35.5. The Labute approximate surface area is 183 Å². The van der Waals surface area contributed by atoms with Gasteiger partial charge in [-0.15, -0.1) is 10.2 Å². The maximum atomic E-state index is 13.2. The van der Waals surface area contributed by atoms with Crippen molar-refractivity contribution in [1.29, 1.82) is 0 Å². The Balaban J connectivity index is 1.60. The van der Waals surface area contributed by atoms with Gasteiger partial charge in [-0.3, -0.25) is 4.79 Å². The summed E-state index contributed by atoms with van der Waals surface area (Å²) < 4.78 is 2.21. The van der Waals surface area contributed by atoms with Crippen LogP contribution in [0.1, 0.15) is 57.3 Å². The lowest BCUT2D eigenvalue weighted by atomic mass is 9.78. The fourth-order valence-electron chi connectivity index (χ4n) is 4.23. The van der Waals surface area contributed by atoms with Crippen LogP contribution in [0.2, 0.25) is 5.02 Å². The number of nitrogens with zero attached hydrogens (tertiary/aromatic N) is 3. The molecule has 1 saturated carbocycles. The summed E-state index contributed by atoms with van der Waals surface area (Å²) in [6.07, 6.45) is 7.62. The molecule has 1 aliphatic rings. The molecule has 1 amide bonds. The van der Waals surface area contributed by atoms with Gasteiger partial charge in [0, 0.05) is 24.5 Å². The van der Waals surface area contributed by atoms with E-state index in [4.69, 9.17) is 11.6 Å². The van der Waals surface area contributed by atoms with E-state index in [9.17, 15) is 4.79 Å². The predicted octanol–water partition coefficient (Wildman–Crippen LogP) is 4.87. The number of carbonyl (C=O) groups is 1. The van der Waals surface area contributed by atoms with Crippen LogP contribution < -0.4 is 5.32 Å². The summed E-state index contributed by atoms with van der Waals surface area (Å²) >= 11 is 7.83. The van der Waals surface area contributed by atoms with E-state index in [2.05, 4.69) is 33.9 Å². The topological polar surface area (TPSA) is 59.8 Å². The highest BCUT2D eigenvalue weighted by Crippen LogP contribution is 2.42. The molecular formula is C22H31ClN4OS. The molecule has 1 fully saturated rings. The number of carbonyl (C=O) groups excluding carboxylic acids is 1. The first-order valence-corrected chi connectivity index (χ1v) is 12.1. The lowest BCUT2D eigenvalue weighted by molar-refractivity contribution is -0.126. The zero-order chi connectivity index (χ0) is 20.9. The van der Waals surface area contributed by atoms with Crippen LogP contribution in [-0.2, 0) is 23.2 Å². The Morgan fingerprint density at radius 1 is 1.31 bits per heavy atom. The van der Waals surface area contributed by atoms with E-state index in [0.29, 0.717) is 17.5 Å². The molecule has 29 heavy (non-hydrogen) atoms. The third-order valence-electron chi connectivity index (χ3n) is 5.66. The summed E-state index contributed by atoms with van der Waals surface area (Å²) in [4.78, 5) is 13.2. The average molecular weight is 435 g/mol. The molecule has 0 saturated heterocycles. The minimum atomic E-state index is -0.436. The van der Waals surface area contributed by atoms with E-state index in [1.54, 1.807) is 11.8 Å². The number of aryl methyl sites for hydroxylation is 1. The second kappa shape index (κ2) is 9.98. The predicted molar refractivity (Wildman–Crippen MR) is 120 cm³/mol. The number of benzene rings is 1. The molecule has 0 aliphatic heterocycles. The van der Waals surface area contributed by atoms with E-state index in [1.807, 2.05) is 30.5 Å². The normalized spacial score (nSPS) is 15.8. The first-order valence-electron chi connectivity index (χ1n) is 10.5. The standard InChI is InChI=1S/C22H31ClN4OS/c1-16(2)15-27-19(25-26-21(27)29-3)10-7-13-24-20(28)22(11-4-5-12-22)17-8-6-9-18(23)14-17/h6,8-9,14,16H,4-5,7,10-13,15H2,1-3H3,(H,24,28). The number of aromatic nitrogens is 3. The van der Waals surface area contributed by atoms with Crippen molar-refractivity contribution in [1.82, 2.24) is 20.1 Å². The van der Waals surface area contributed by atoms with Crippen LogP contribution in [-0.4, -0.2) is 33.5 Å². The van der Waals surface area contributed by atoms with Gasteiger partial charge in [-0.25, -0.2) is 0 Å². The molecule has 158 valence electrons. The fourth-order valence-corrected chi connectivity index (χ4v) is 4.95. The third-order valence-corrected chi connectivity index (χ3v) is 6.56. The number of amides is 1. The first-order chi connectivity index (χ1) is 14.0. The molecule has 0 radical (unpaired) electrons. The Morgan fingerprint density at radius 2 is 2.07 bits per heavy atom. The molecular weight excluding hydrogens is 404 g/mol. The van der Waals surface area contributed by atoms with Gasteiger partial charge in [0.05, 0.1) is 5.41 Å². The van der Waals surface area contributed by atoms with E-state index in [1.165, 1.54) is 0 Å². The molecule has 1 aliphatic carbocycles. The Kier molecular flexibility index (Phi) is 7.63. The Morgan fingerprint density at radius 3 is 2.72 bits per heavy atom. The van der Waals surface area contributed by atoms with Crippen molar-refractivity contribution in [3.63, 3.8) is 0 Å². The molecule has 7 heteroatoms. The molecule has 3 rings (SSSR count). The number of halogens is 1. The lowest BCUT2D eigenvalue weighted by Crippen LogP contribution is -2.43. The highest BCUT2D eigenvalue weighted by molar-refractivity contribution is 7.98. The van der Waals surface area contributed by atoms with Crippen LogP contribution in [0.15, 0.2) is 29.4 Å². The van der Waals surface area contributed by atoms with Crippen LogP contribution in [0.4, 0.5) is 0 Å². The van der Waals surface area contributed by atoms with Crippen molar-refractivity contribution in [2.45, 2.75) is 69.5 Å². The molecule has 0 atom stereocenters. The van der Waals surface area contributed by atoms with Gasteiger partial charge in [-0.05, 0) is 49.1 Å². The number of hydrogen-bond donors (Lipinski definition) is 1. The van der Waals surface area contributed by atoms with Gasteiger partial charge in [0.25, 0.3) is 0 Å². The number of thioether (sulfide) groups is 1. The van der Waals surface area contributed by atoms with Gasteiger partial charge in [-0.2, -0.15) is 0 Å². The van der Waals surface area contributed by atoms with Crippen LogP contribution >= 0.6 is 23.4 Å². The molecule has 5 nitrogen and oxygen atoms in total. The SMILES string of the molecule is CSc1nnc(CCCNC(=O)C2(c3cccc(Cl)c3)CCCC2)n1CC(C)C. The fraction of sp³-hybridized carbons (Fsp3) is 0.591. The van der Waals surface area contributed by atoms with Crippen molar-refractivity contribution in [2.24, 2.45) is 5.92 Å². The van der Waals surface area contributed by atoms with Crippen molar-refractivity contribution in [3.8, 4) is 0 Å². The largest absolute Gasteiger partial charge is 0.355 e. The molecule has 0 bridgehead atoms. The monoisotopic (exact) mass is 434 g/mol. The summed E-state index contributed by atoms with van der Waals surface area (Å²) in [5, 5.41) is 13.5. The maximum absolute atomic E-state index is 13.2. The molecule has 0 unspecified atom stereocenters. The van der Waals surface area contributed by atoms with Gasteiger partial charge >= 0.3 is 0 Å². The second-order valence-electron chi connectivity index (χ2n) is 8.27. The van der Waals surface area contributed by atoms with E-state index in [0.717, 1.165) is 61.6 Å². The summed E-state index contributed by atoms with van der Waals surface area (Å²) in [5.74, 6) is 1.67. The Hall–Kier alpha value is -1.53. The molecule has 1 aromatic heterocycles. The average Bonchev–Trinajstić information content (AvgIpc) is 3.33. The van der Waals surface area contributed by atoms with Crippen molar-refractivity contribution in [2.75, 3.05) is 12.8 Å². The molecule has 1 N–H and O–H groups in total. The summed E-state index contributed by atoms with van der Waals surface area (Å²) in [6, 6.07) is 7.79. The van der Waals surface area contributed by atoms with Crippen LogP contribution in [0.3, 0.4) is 0 Å². The van der Waals surface area contributed by atoms with Gasteiger partial charge < -0.3 is 9.88 Å². The highest BCUT2D eigenvalue weighted by Gasteiger charge is 2.42. The minimum Gasteiger partial charge on any atom is -0.355 e. The van der Waals surface area contributed by atoms with E-state index < -0.39 is 5.41 Å². The van der Waals surface area contributed by atoms with Gasteiger partial charge in [0.1, 0.15) is 5.82 Å². The summed E-state index contributed by atoms with van der Waals surface area (Å²) in [7, 11) is 0. The van der Waals surface area contributed by atoms with Crippen molar-refractivity contribution in [3.05, 3.63) is 40.7 Å². The third kappa shape index (κ3) is 5.15. The van der Waals surface area contributed by atoms with Crippen LogP contribution in [0, 0.1) is 5.92 Å². The van der Waals surface area contributed by atoms with Crippen molar-refractivity contribution < 1.29 is 4.79 Å². The van der Waals surface area contributed by atoms with Crippen molar-refractivity contribution >= 4 is 29.3 Å².